The van der Waals surface area contributed by atoms with E-state index in [0.29, 0.717) is 12.0 Å². The molecule has 1 aromatic rings. The Bertz CT molecular complexity index is 789. The fraction of sp³-hybridized carbons (Fsp3) is 0.524. The summed E-state index contributed by atoms with van der Waals surface area (Å²) in [6.07, 6.45) is 3.46. The lowest BCUT2D eigenvalue weighted by Crippen LogP contribution is -2.96. The number of carbonyl (C=O) groups excluding carboxylic acids is 2. The van der Waals surface area contributed by atoms with Crippen LogP contribution < -0.4 is 10.5 Å². The zero-order valence-electron chi connectivity index (χ0n) is 18.1. The lowest BCUT2D eigenvalue weighted by atomic mass is 9.90. The molecule has 0 spiro atoms. The van der Waals surface area contributed by atoms with Gasteiger partial charge in [0.1, 0.15) is 17.3 Å². The summed E-state index contributed by atoms with van der Waals surface area (Å²) in [4.78, 5) is 26.7. The molecule has 2 rings (SSSR count). The van der Waals surface area contributed by atoms with Crippen LogP contribution in [0.15, 0.2) is 36.5 Å². The van der Waals surface area contributed by atoms with Gasteiger partial charge in [0.25, 0.3) is 0 Å². The van der Waals surface area contributed by atoms with Gasteiger partial charge in [-0.1, -0.05) is 18.2 Å². The van der Waals surface area contributed by atoms with Gasteiger partial charge < -0.3 is 35.3 Å². The fourth-order valence-electron chi connectivity index (χ4n) is 3.28. The van der Waals surface area contributed by atoms with E-state index in [0.717, 1.165) is 0 Å². The summed E-state index contributed by atoms with van der Waals surface area (Å²) in [7, 11) is 0. The average molecular weight is 420 g/mol. The van der Waals surface area contributed by atoms with Gasteiger partial charge in [0.05, 0.1) is 12.1 Å². The van der Waals surface area contributed by atoms with Crippen molar-refractivity contribution in [2.75, 3.05) is 13.2 Å². The Balaban J connectivity index is 2.35. The summed E-state index contributed by atoms with van der Waals surface area (Å²) in [5, 5.41) is 24.2. The third-order valence-corrected chi connectivity index (χ3v) is 4.63. The van der Waals surface area contributed by atoms with E-state index in [4.69, 9.17) is 9.47 Å². The second-order valence-electron chi connectivity index (χ2n) is 8.39. The first-order chi connectivity index (χ1) is 13.9. The number of nitrogens with zero attached hydrogens (tertiary/aromatic N) is 1. The van der Waals surface area contributed by atoms with E-state index in [2.05, 4.69) is 5.32 Å². The molecule has 9 nitrogen and oxygen atoms in total. The molecule has 0 aliphatic carbocycles. The molecule has 0 fully saturated rings. The Kier molecular flexibility index (Phi) is 7.46. The van der Waals surface area contributed by atoms with Crippen LogP contribution in [0, 0.1) is 10.4 Å². The summed E-state index contributed by atoms with van der Waals surface area (Å²) >= 11 is 0. The van der Waals surface area contributed by atoms with Gasteiger partial charge in [-0.2, -0.15) is 0 Å². The highest BCUT2D eigenvalue weighted by Crippen LogP contribution is 2.28. The molecular weight excluding hydrogens is 390 g/mol. The molecule has 0 bridgehead atoms. The lowest BCUT2D eigenvalue weighted by Gasteiger charge is -2.38. The van der Waals surface area contributed by atoms with Gasteiger partial charge in [-0.05, 0) is 58.9 Å². The van der Waals surface area contributed by atoms with Crippen molar-refractivity contribution in [3.05, 3.63) is 52.5 Å². The van der Waals surface area contributed by atoms with Crippen LogP contribution in [0.5, 0.6) is 0 Å². The van der Waals surface area contributed by atoms with Crippen molar-refractivity contribution in [2.45, 2.75) is 58.2 Å². The minimum atomic E-state index is -1.32. The van der Waals surface area contributed by atoms with Crippen LogP contribution in [0.3, 0.4) is 0 Å². The number of amides is 1. The van der Waals surface area contributed by atoms with Gasteiger partial charge in [0, 0.05) is 12.6 Å². The van der Waals surface area contributed by atoms with E-state index in [1.54, 1.807) is 57.9 Å². The van der Waals surface area contributed by atoms with Crippen molar-refractivity contribution < 1.29 is 24.3 Å². The molecule has 0 saturated heterocycles. The highest BCUT2D eigenvalue weighted by atomic mass is 16.8. The van der Waals surface area contributed by atoms with E-state index in [9.17, 15) is 20.0 Å². The molecule has 166 valence electrons. The predicted octanol–water partition coefficient (Wildman–Crippen LogP) is 2.09. The van der Waals surface area contributed by atoms with Crippen molar-refractivity contribution in [2.24, 2.45) is 0 Å². The van der Waals surface area contributed by atoms with Crippen LogP contribution in [0.4, 0.5) is 10.5 Å². The molecule has 0 radical (unpaired) electrons. The Morgan fingerprint density at radius 3 is 2.57 bits per heavy atom. The number of benzene rings is 1. The summed E-state index contributed by atoms with van der Waals surface area (Å²) in [6, 6.07) is 5.64. The lowest BCUT2D eigenvalue weighted by molar-refractivity contribution is -0.715. The van der Waals surface area contributed by atoms with E-state index in [-0.39, 0.29) is 24.8 Å². The Hall–Kier alpha value is -2.62. The van der Waals surface area contributed by atoms with Gasteiger partial charge in [-0.25, -0.2) is 9.59 Å². The fourth-order valence-corrected chi connectivity index (χ4v) is 3.28. The molecule has 1 aromatic carbocycles. The third-order valence-electron chi connectivity index (χ3n) is 4.63. The second-order valence-corrected chi connectivity index (χ2v) is 8.39. The van der Waals surface area contributed by atoms with E-state index >= 15 is 0 Å². The topological polar surface area (TPSA) is 118 Å². The maximum absolute atomic E-state index is 12.6. The van der Waals surface area contributed by atoms with Crippen LogP contribution in [-0.4, -0.2) is 41.8 Å². The number of nitrogens with one attached hydrogen (secondary N) is 2. The van der Waals surface area contributed by atoms with Gasteiger partial charge in [-0.3, -0.25) is 0 Å². The van der Waals surface area contributed by atoms with Gasteiger partial charge in [-0.15, -0.1) is 0 Å². The summed E-state index contributed by atoms with van der Waals surface area (Å²) in [5.41, 5.74) is -1.24. The zero-order valence-corrected chi connectivity index (χ0v) is 18.1. The summed E-state index contributed by atoms with van der Waals surface area (Å²) < 4.78 is 10.6. The molecule has 1 aliphatic rings. The van der Waals surface area contributed by atoms with Crippen LogP contribution in [0.2, 0.25) is 0 Å². The van der Waals surface area contributed by atoms with E-state index in [1.165, 1.54) is 12.1 Å². The monoisotopic (exact) mass is 420 g/mol. The summed E-state index contributed by atoms with van der Waals surface area (Å²) in [5.74, 6) is -0.356. The Labute approximate surface area is 176 Å². The van der Waals surface area contributed by atoms with Crippen LogP contribution in [0.25, 0.3) is 0 Å². The first-order valence-corrected chi connectivity index (χ1v) is 9.87. The van der Waals surface area contributed by atoms with Gasteiger partial charge in [0.15, 0.2) is 0 Å². The highest BCUT2D eigenvalue weighted by Gasteiger charge is 2.37. The van der Waals surface area contributed by atoms with E-state index in [1.807, 2.05) is 6.08 Å². The summed E-state index contributed by atoms with van der Waals surface area (Å²) in [6.45, 7) is 9.21. The van der Waals surface area contributed by atoms with E-state index < -0.39 is 28.5 Å². The minimum Gasteiger partial charge on any atom is -0.628 e. The standard InChI is InChI=1S/C21H30N3O6/c1-6-29-18(25)17-11-8-12-23(17)14-21(5,22-19(26)30-20(2,3)4)15-9-7-10-16(13-15)24(27)28/h7-10,12-13,17,24H,6,11,14H2,1-5H3,(H,22,26)/q-1/t17?,21-/m1/s1. The number of alkyl carbamates (subject to hydrolysis) is 1. The maximum Gasteiger partial charge on any atom is 0.408 e. The first-order valence-electron chi connectivity index (χ1n) is 9.87. The number of carbonyl (C=O) groups is 2. The molecule has 0 saturated carbocycles. The zero-order chi connectivity index (χ0) is 22.5. The van der Waals surface area contributed by atoms with Crippen molar-refractivity contribution in [1.29, 1.82) is 0 Å². The largest absolute Gasteiger partial charge is 0.628 e. The molecule has 30 heavy (non-hydrogen) atoms. The van der Waals surface area contributed by atoms with Crippen molar-refractivity contribution >= 4 is 17.7 Å². The molecule has 9 heteroatoms. The average Bonchev–Trinajstić information content (AvgIpc) is 3.08. The molecule has 0 aromatic heterocycles. The second kappa shape index (κ2) is 9.46. The van der Waals surface area contributed by atoms with Crippen LogP contribution in [0.1, 0.15) is 46.6 Å². The Morgan fingerprint density at radius 2 is 1.97 bits per heavy atom. The molecule has 1 amide bonds. The van der Waals surface area contributed by atoms with Crippen LogP contribution >= 0.6 is 0 Å². The van der Waals surface area contributed by atoms with Crippen LogP contribution in [-0.2, 0) is 19.8 Å². The minimum absolute atomic E-state index is 0.0105. The number of quaternary nitrogens is 1. The molecule has 1 unspecified atom stereocenters. The first kappa shape index (κ1) is 23.7. The quantitative estimate of drug-likeness (QED) is 0.512. The number of hydrogen-bond acceptors (Lipinski definition) is 7. The molecule has 2 atom stereocenters. The molecule has 1 aliphatic heterocycles. The molecule has 2 N–H and O–H groups in total. The van der Waals surface area contributed by atoms with Gasteiger partial charge >= 0.3 is 12.1 Å². The number of rotatable bonds is 7. The third kappa shape index (κ3) is 6.19. The van der Waals surface area contributed by atoms with Crippen molar-refractivity contribution in [3.63, 3.8) is 0 Å². The number of esters is 1. The van der Waals surface area contributed by atoms with Gasteiger partial charge in [0.2, 0.25) is 0 Å². The van der Waals surface area contributed by atoms with Crippen molar-refractivity contribution in [1.82, 2.24) is 10.2 Å². The molecule has 1 heterocycles. The Morgan fingerprint density at radius 1 is 1.27 bits per heavy atom. The predicted molar refractivity (Wildman–Crippen MR) is 111 cm³/mol. The number of ether oxygens (including phenoxy) is 2. The van der Waals surface area contributed by atoms with Crippen molar-refractivity contribution in [3.8, 4) is 0 Å². The molecular formula is C21H30N3O6-. The SMILES string of the molecule is CCOC(=O)C1CC=CN1C[C@@](C)(NC(=O)OC(C)(C)C)c1cccc([NH+]([O-])[O-])c1. The number of hydrogen-bond donors (Lipinski definition) is 2. The smallest absolute Gasteiger partial charge is 0.408 e. The highest BCUT2D eigenvalue weighted by molar-refractivity contribution is 5.77. The normalized spacial score (nSPS) is 18.3. The maximum atomic E-state index is 12.6.